The summed E-state index contributed by atoms with van der Waals surface area (Å²) in [7, 11) is 1.60. The number of nitrogens with one attached hydrogen (secondary N) is 1. The Hall–Kier alpha value is -2.34. The summed E-state index contributed by atoms with van der Waals surface area (Å²) >= 11 is 3.48. The Bertz CT molecular complexity index is 828. The van der Waals surface area contributed by atoms with Crippen molar-refractivity contribution in [2.45, 2.75) is 19.8 Å². The van der Waals surface area contributed by atoms with Gasteiger partial charge in [0, 0.05) is 34.7 Å². The monoisotopic (exact) mass is 430 g/mol. The number of likely N-dealkylation sites (tertiary alicyclic amines) is 1. The number of benzene rings is 2. The molecule has 2 aromatic rings. The molecular formula is C21H23BrN2O3. The molecule has 3 rings (SSSR count). The van der Waals surface area contributed by atoms with Crippen LogP contribution in [0.4, 0.5) is 10.5 Å². The number of anilines is 1. The summed E-state index contributed by atoms with van der Waals surface area (Å²) in [5.74, 6) is 0.830. The normalized spacial score (nSPS) is 14.7. The Kier molecular flexibility index (Phi) is 6.16. The maximum atomic E-state index is 12.7. The number of piperidine rings is 1. The van der Waals surface area contributed by atoms with Crippen LogP contribution in [-0.2, 0) is 0 Å². The van der Waals surface area contributed by atoms with Gasteiger partial charge in [0.2, 0.25) is 0 Å². The highest BCUT2D eigenvalue weighted by molar-refractivity contribution is 9.10. The number of carbonyl (C=O) groups excluding carboxylic acids is 2. The molecular weight excluding hydrogens is 408 g/mol. The van der Waals surface area contributed by atoms with Gasteiger partial charge < -0.3 is 15.0 Å². The largest absolute Gasteiger partial charge is 0.497 e. The number of amides is 2. The molecule has 27 heavy (non-hydrogen) atoms. The zero-order valence-electron chi connectivity index (χ0n) is 15.5. The number of hydrogen-bond acceptors (Lipinski definition) is 3. The molecule has 0 aromatic heterocycles. The van der Waals surface area contributed by atoms with Crippen molar-refractivity contribution in [1.29, 1.82) is 0 Å². The molecule has 0 bridgehead atoms. The Labute approximate surface area is 167 Å². The second-order valence-electron chi connectivity index (χ2n) is 6.75. The molecule has 1 fully saturated rings. The molecule has 2 amide bonds. The van der Waals surface area contributed by atoms with Crippen molar-refractivity contribution in [1.82, 2.24) is 4.90 Å². The van der Waals surface area contributed by atoms with Gasteiger partial charge in [-0.15, -0.1) is 0 Å². The van der Waals surface area contributed by atoms with Crippen LogP contribution in [0.3, 0.4) is 0 Å². The van der Waals surface area contributed by atoms with Gasteiger partial charge in [-0.25, -0.2) is 4.79 Å². The van der Waals surface area contributed by atoms with Crippen LogP contribution in [0.1, 0.15) is 28.8 Å². The number of hydrogen-bond donors (Lipinski definition) is 1. The van der Waals surface area contributed by atoms with E-state index < -0.39 is 0 Å². The predicted octanol–water partition coefficient (Wildman–Crippen LogP) is 4.89. The first-order valence-corrected chi connectivity index (χ1v) is 9.77. The average molecular weight is 431 g/mol. The molecule has 5 nitrogen and oxygen atoms in total. The molecule has 0 saturated carbocycles. The van der Waals surface area contributed by atoms with E-state index in [1.807, 2.05) is 25.1 Å². The van der Waals surface area contributed by atoms with E-state index in [0.717, 1.165) is 21.5 Å². The van der Waals surface area contributed by atoms with E-state index in [1.54, 1.807) is 36.3 Å². The predicted molar refractivity (Wildman–Crippen MR) is 110 cm³/mol. The molecule has 0 unspecified atom stereocenters. The van der Waals surface area contributed by atoms with Crippen LogP contribution in [0.2, 0.25) is 0 Å². The third-order valence-corrected chi connectivity index (χ3v) is 5.80. The minimum absolute atomic E-state index is 0.0454. The number of nitrogens with zero attached hydrogens (tertiary/aromatic N) is 1. The van der Waals surface area contributed by atoms with Gasteiger partial charge in [0.15, 0.2) is 5.78 Å². The van der Waals surface area contributed by atoms with Gasteiger partial charge in [0.05, 0.1) is 7.11 Å². The minimum atomic E-state index is -0.124. The number of ketones is 1. The number of halogens is 1. The van der Waals surface area contributed by atoms with E-state index in [1.165, 1.54) is 0 Å². The molecule has 1 aliphatic rings. The summed E-state index contributed by atoms with van der Waals surface area (Å²) < 4.78 is 6.09. The summed E-state index contributed by atoms with van der Waals surface area (Å²) in [6.07, 6.45) is 1.35. The number of rotatable bonds is 4. The molecule has 1 saturated heterocycles. The highest BCUT2D eigenvalue weighted by Crippen LogP contribution is 2.25. The molecule has 0 spiro atoms. The first-order chi connectivity index (χ1) is 13.0. The van der Waals surface area contributed by atoms with Gasteiger partial charge in [-0.2, -0.15) is 0 Å². The van der Waals surface area contributed by atoms with E-state index in [2.05, 4.69) is 21.2 Å². The molecule has 1 heterocycles. The van der Waals surface area contributed by atoms with Crippen LogP contribution in [0.5, 0.6) is 5.75 Å². The lowest BCUT2D eigenvalue weighted by Crippen LogP contribution is -2.42. The molecule has 6 heteroatoms. The summed E-state index contributed by atoms with van der Waals surface area (Å²) in [6.45, 7) is 3.15. The topological polar surface area (TPSA) is 58.6 Å². The number of urea groups is 1. The van der Waals surface area contributed by atoms with Gasteiger partial charge in [-0.05, 0) is 61.7 Å². The number of carbonyl (C=O) groups is 2. The van der Waals surface area contributed by atoms with Crippen molar-refractivity contribution in [2.75, 3.05) is 25.5 Å². The number of methoxy groups -OCH3 is 1. The quantitative estimate of drug-likeness (QED) is 0.702. The zero-order valence-corrected chi connectivity index (χ0v) is 17.1. The van der Waals surface area contributed by atoms with Crippen LogP contribution >= 0.6 is 15.9 Å². The fourth-order valence-corrected chi connectivity index (χ4v) is 3.59. The van der Waals surface area contributed by atoms with Gasteiger partial charge in [0.1, 0.15) is 5.75 Å². The lowest BCUT2D eigenvalue weighted by molar-refractivity contribution is 0.0859. The lowest BCUT2D eigenvalue weighted by atomic mass is 9.89. The first kappa shape index (κ1) is 19.4. The number of aryl methyl sites for hydroxylation is 1. The molecule has 142 valence electrons. The molecule has 1 aliphatic heterocycles. The van der Waals surface area contributed by atoms with Gasteiger partial charge in [0.25, 0.3) is 0 Å². The van der Waals surface area contributed by atoms with Crippen LogP contribution in [0, 0.1) is 12.8 Å². The summed E-state index contributed by atoms with van der Waals surface area (Å²) in [6, 6.07) is 12.8. The van der Waals surface area contributed by atoms with Crippen molar-refractivity contribution >= 4 is 33.4 Å². The second kappa shape index (κ2) is 8.57. The van der Waals surface area contributed by atoms with Crippen molar-refractivity contribution < 1.29 is 14.3 Å². The summed E-state index contributed by atoms with van der Waals surface area (Å²) in [5, 5.41) is 2.93. The standard InChI is InChI=1S/C21H23BrN2O3/c1-14-3-6-17(13-19(14)22)23-21(26)24-11-9-16(10-12-24)20(25)15-4-7-18(27-2)8-5-15/h3-8,13,16H,9-12H2,1-2H3,(H,23,26). The van der Waals surface area contributed by atoms with Crippen LogP contribution < -0.4 is 10.1 Å². The number of Topliss-reactive ketones (excluding diaryl/α,β-unsaturated/α-hetero) is 1. The SMILES string of the molecule is COc1ccc(C(=O)C2CCN(C(=O)Nc3ccc(C)c(Br)c3)CC2)cc1. The zero-order chi connectivity index (χ0) is 19.4. The average Bonchev–Trinajstić information content (AvgIpc) is 2.70. The van der Waals surface area contributed by atoms with Crippen molar-refractivity contribution in [3.8, 4) is 5.75 Å². The summed E-state index contributed by atoms with van der Waals surface area (Å²) in [4.78, 5) is 26.9. The molecule has 0 radical (unpaired) electrons. The van der Waals surface area contributed by atoms with Gasteiger partial charge >= 0.3 is 6.03 Å². The summed E-state index contributed by atoms with van der Waals surface area (Å²) in [5.41, 5.74) is 2.57. The van der Waals surface area contributed by atoms with Crippen LogP contribution in [0.25, 0.3) is 0 Å². The van der Waals surface area contributed by atoms with Crippen molar-refractivity contribution in [3.63, 3.8) is 0 Å². The smallest absolute Gasteiger partial charge is 0.321 e. The first-order valence-electron chi connectivity index (χ1n) is 8.98. The Morgan fingerprint density at radius 3 is 2.37 bits per heavy atom. The van der Waals surface area contributed by atoms with Crippen LogP contribution in [-0.4, -0.2) is 36.9 Å². The number of ether oxygens (including phenoxy) is 1. The van der Waals surface area contributed by atoms with E-state index in [0.29, 0.717) is 31.5 Å². The fraction of sp³-hybridized carbons (Fsp3) is 0.333. The third kappa shape index (κ3) is 4.69. The maximum absolute atomic E-state index is 12.7. The van der Waals surface area contributed by atoms with Crippen molar-refractivity contribution in [2.24, 2.45) is 5.92 Å². The molecule has 0 atom stereocenters. The Balaban J connectivity index is 1.55. The lowest BCUT2D eigenvalue weighted by Gasteiger charge is -2.31. The molecule has 1 N–H and O–H groups in total. The highest BCUT2D eigenvalue weighted by Gasteiger charge is 2.28. The van der Waals surface area contributed by atoms with E-state index in [-0.39, 0.29) is 17.7 Å². The van der Waals surface area contributed by atoms with Crippen LogP contribution in [0.15, 0.2) is 46.9 Å². The van der Waals surface area contributed by atoms with Gasteiger partial charge in [-0.1, -0.05) is 22.0 Å². The van der Waals surface area contributed by atoms with E-state index in [9.17, 15) is 9.59 Å². The van der Waals surface area contributed by atoms with Gasteiger partial charge in [-0.3, -0.25) is 4.79 Å². The molecule has 0 aliphatic carbocycles. The van der Waals surface area contributed by atoms with Crippen molar-refractivity contribution in [3.05, 3.63) is 58.1 Å². The third-order valence-electron chi connectivity index (χ3n) is 4.95. The Morgan fingerprint density at radius 1 is 1.11 bits per heavy atom. The highest BCUT2D eigenvalue weighted by atomic mass is 79.9. The Morgan fingerprint density at radius 2 is 1.78 bits per heavy atom. The van der Waals surface area contributed by atoms with E-state index >= 15 is 0 Å². The van der Waals surface area contributed by atoms with E-state index in [4.69, 9.17) is 4.74 Å². The minimum Gasteiger partial charge on any atom is -0.497 e. The maximum Gasteiger partial charge on any atom is 0.321 e. The second-order valence-corrected chi connectivity index (χ2v) is 7.60. The fourth-order valence-electron chi connectivity index (χ4n) is 3.21. The molecule has 2 aromatic carbocycles.